The van der Waals surface area contributed by atoms with E-state index < -0.39 is 0 Å². The van der Waals surface area contributed by atoms with Gasteiger partial charge in [0.15, 0.2) is 0 Å². The van der Waals surface area contributed by atoms with Gasteiger partial charge in [-0.3, -0.25) is 9.78 Å². The van der Waals surface area contributed by atoms with Gasteiger partial charge in [-0.1, -0.05) is 6.92 Å². The summed E-state index contributed by atoms with van der Waals surface area (Å²) in [6, 6.07) is 1.83. The fraction of sp³-hybridized carbons (Fsp3) is 0.357. The molecule has 0 atom stereocenters. The van der Waals surface area contributed by atoms with Crippen molar-refractivity contribution >= 4 is 11.6 Å². The van der Waals surface area contributed by atoms with Crippen molar-refractivity contribution in [3.8, 4) is 0 Å². The molecule has 6 heteroatoms. The number of nitrogens with one attached hydrogen (secondary N) is 2. The van der Waals surface area contributed by atoms with Crippen LogP contribution in [0, 0.1) is 6.92 Å². The Morgan fingerprint density at radius 2 is 2.15 bits per heavy atom. The first-order valence-corrected chi connectivity index (χ1v) is 6.50. The molecule has 2 aromatic heterocycles. The lowest BCUT2D eigenvalue weighted by atomic mass is 10.2. The van der Waals surface area contributed by atoms with E-state index in [9.17, 15) is 4.79 Å². The number of aryl methyl sites for hydroxylation is 2. The minimum absolute atomic E-state index is 0.210. The van der Waals surface area contributed by atoms with Gasteiger partial charge in [-0.15, -0.1) is 0 Å². The predicted molar refractivity (Wildman–Crippen MR) is 75.6 cm³/mol. The summed E-state index contributed by atoms with van der Waals surface area (Å²) < 4.78 is 5.44. The van der Waals surface area contributed by atoms with Gasteiger partial charge < -0.3 is 15.1 Å². The average Bonchev–Trinajstić information content (AvgIpc) is 2.92. The van der Waals surface area contributed by atoms with Crippen LogP contribution >= 0.6 is 0 Å². The van der Waals surface area contributed by atoms with Crippen molar-refractivity contribution < 1.29 is 9.21 Å². The zero-order valence-corrected chi connectivity index (χ0v) is 11.9. The number of amides is 1. The predicted octanol–water partition coefficient (Wildman–Crippen LogP) is 1.91. The van der Waals surface area contributed by atoms with Gasteiger partial charge in [0.05, 0.1) is 24.0 Å². The standard InChI is InChI=1S/C14H18N4O2/c1-4-10-6-17-13(20-10)8-18-14(19)11-7-16-9(2)5-12(11)15-3/h5-7H,4,8H2,1-3H3,(H,15,16)(H,18,19). The Morgan fingerprint density at radius 1 is 1.35 bits per heavy atom. The Kier molecular flexibility index (Phi) is 4.34. The number of nitrogens with zero attached hydrogens (tertiary/aromatic N) is 2. The van der Waals surface area contributed by atoms with Gasteiger partial charge >= 0.3 is 0 Å². The molecule has 6 nitrogen and oxygen atoms in total. The first-order valence-electron chi connectivity index (χ1n) is 6.50. The van der Waals surface area contributed by atoms with Gasteiger partial charge in [0.25, 0.3) is 5.91 Å². The quantitative estimate of drug-likeness (QED) is 0.870. The molecular weight excluding hydrogens is 256 g/mol. The molecule has 0 radical (unpaired) electrons. The van der Waals surface area contributed by atoms with Gasteiger partial charge in [0, 0.05) is 25.4 Å². The molecule has 0 aliphatic rings. The molecule has 2 aromatic rings. The number of anilines is 1. The maximum atomic E-state index is 12.1. The maximum absolute atomic E-state index is 12.1. The van der Waals surface area contributed by atoms with Crippen molar-refractivity contribution in [2.75, 3.05) is 12.4 Å². The minimum Gasteiger partial charge on any atom is -0.444 e. The molecule has 0 spiro atoms. The summed E-state index contributed by atoms with van der Waals surface area (Å²) in [7, 11) is 1.77. The largest absolute Gasteiger partial charge is 0.444 e. The van der Waals surface area contributed by atoms with E-state index in [1.807, 2.05) is 19.9 Å². The summed E-state index contributed by atoms with van der Waals surface area (Å²) in [5, 5.41) is 5.76. The van der Waals surface area contributed by atoms with Crippen molar-refractivity contribution in [3.05, 3.63) is 41.4 Å². The Bertz CT molecular complexity index is 607. The number of carbonyl (C=O) groups is 1. The van der Waals surface area contributed by atoms with Crippen LogP contribution in [0.5, 0.6) is 0 Å². The lowest BCUT2D eigenvalue weighted by Gasteiger charge is -2.09. The van der Waals surface area contributed by atoms with Crippen molar-refractivity contribution in [2.45, 2.75) is 26.8 Å². The van der Waals surface area contributed by atoms with E-state index >= 15 is 0 Å². The highest BCUT2D eigenvalue weighted by atomic mass is 16.4. The van der Waals surface area contributed by atoms with E-state index in [1.54, 1.807) is 19.4 Å². The second-order valence-corrected chi connectivity index (χ2v) is 4.38. The van der Waals surface area contributed by atoms with E-state index in [2.05, 4.69) is 20.6 Å². The highest BCUT2D eigenvalue weighted by Gasteiger charge is 2.12. The monoisotopic (exact) mass is 274 g/mol. The summed E-state index contributed by atoms with van der Waals surface area (Å²) in [4.78, 5) is 20.4. The van der Waals surface area contributed by atoms with Crippen molar-refractivity contribution in [1.82, 2.24) is 15.3 Å². The van der Waals surface area contributed by atoms with Gasteiger partial charge in [0.1, 0.15) is 5.76 Å². The summed E-state index contributed by atoms with van der Waals surface area (Å²) >= 11 is 0. The zero-order chi connectivity index (χ0) is 14.5. The lowest BCUT2D eigenvalue weighted by Crippen LogP contribution is -2.24. The molecule has 2 N–H and O–H groups in total. The molecule has 0 aromatic carbocycles. The molecule has 106 valence electrons. The number of carbonyl (C=O) groups excluding carboxylic acids is 1. The van der Waals surface area contributed by atoms with Gasteiger partial charge in [0.2, 0.25) is 5.89 Å². The van der Waals surface area contributed by atoms with Crippen molar-refractivity contribution in [2.24, 2.45) is 0 Å². The Morgan fingerprint density at radius 3 is 2.80 bits per heavy atom. The second-order valence-electron chi connectivity index (χ2n) is 4.38. The third kappa shape index (κ3) is 3.14. The first-order chi connectivity index (χ1) is 9.63. The molecule has 1 amide bonds. The molecule has 2 rings (SSSR count). The SMILES string of the molecule is CCc1cnc(CNC(=O)c2cnc(C)cc2NC)o1. The van der Waals surface area contributed by atoms with Crippen LogP contribution in [0.2, 0.25) is 0 Å². The van der Waals surface area contributed by atoms with Gasteiger partial charge in [-0.2, -0.15) is 0 Å². The summed E-state index contributed by atoms with van der Waals surface area (Å²) in [5.41, 5.74) is 2.10. The molecular formula is C14H18N4O2. The molecule has 0 saturated carbocycles. The molecule has 0 saturated heterocycles. The highest BCUT2D eigenvalue weighted by Crippen LogP contribution is 2.15. The average molecular weight is 274 g/mol. The number of aromatic nitrogens is 2. The molecule has 0 unspecified atom stereocenters. The van der Waals surface area contributed by atoms with Crippen LogP contribution in [0.3, 0.4) is 0 Å². The van der Waals surface area contributed by atoms with Crippen LogP contribution in [0.4, 0.5) is 5.69 Å². The van der Waals surface area contributed by atoms with E-state index in [0.29, 0.717) is 11.5 Å². The summed E-state index contributed by atoms with van der Waals surface area (Å²) in [6.07, 6.45) is 4.02. The smallest absolute Gasteiger partial charge is 0.255 e. The van der Waals surface area contributed by atoms with Crippen LogP contribution < -0.4 is 10.6 Å². The van der Waals surface area contributed by atoms with Crippen LogP contribution in [0.1, 0.15) is 34.6 Å². The van der Waals surface area contributed by atoms with Crippen molar-refractivity contribution in [1.29, 1.82) is 0 Å². The molecule has 2 heterocycles. The topological polar surface area (TPSA) is 80.0 Å². The number of oxazole rings is 1. The number of hydrogen-bond donors (Lipinski definition) is 2. The minimum atomic E-state index is -0.210. The second kappa shape index (κ2) is 6.18. The van der Waals surface area contributed by atoms with Gasteiger partial charge in [-0.05, 0) is 13.0 Å². The van der Waals surface area contributed by atoms with Crippen LogP contribution in [-0.2, 0) is 13.0 Å². The molecule has 0 fully saturated rings. The zero-order valence-electron chi connectivity index (χ0n) is 11.9. The first kappa shape index (κ1) is 14.0. The van der Waals surface area contributed by atoms with Crippen LogP contribution in [-0.4, -0.2) is 22.9 Å². The highest BCUT2D eigenvalue weighted by molar-refractivity contribution is 5.99. The van der Waals surface area contributed by atoms with Crippen LogP contribution in [0.25, 0.3) is 0 Å². The molecule has 0 bridgehead atoms. The Labute approximate surface area is 117 Å². The maximum Gasteiger partial charge on any atom is 0.255 e. The van der Waals surface area contributed by atoms with E-state index in [0.717, 1.165) is 23.6 Å². The number of hydrogen-bond acceptors (Lipinski definition) is 5. The van der Waals surface area contributed by atoms with Crippen molar-refractivity contribution in [3.63, 3.8) is 0 Å². The molecule has 0 aliphatic heterocycles. The number of pyridine rings is 1. The van der Waals surface area contributed by atoms with E-state index in [4.69, 9.17) is 4.42 Å². The Hall–Kier alpha value is -2.37. The summed E-state index contributed by atoms with van der Waals surface area (Å²) in [5.74, 6) is 1.10. The van der Waals surface area contributed by atoms with E-state index in [1.165, 1.54) is 0 Å². The van der Waals surface area contributed by atoms with Gasteiger partial charge in [-0.25, -0.2) is 4.98 Å². The third-order valence-electron chi connectivity index (χ3n) is 2.90. The molecule has 0 aliphatic carbocycles. The van der Waals surface area contributed by atoms with Crippen LogP contribution in [0.15, 0.2) is 22.9 Å². The normalized spacial score (nSPS) is 10.3. The summed E-state index contributed by atoms with van der Waals surface area (Å²) in [6.45, 7) is 4.12. The fourth-order valence-electron chi connectivity index (χ4n) is 1.79. The fourth-order valence-corrected chi connectivity index (χ4v) is 1.79. The Balaban J connectivity index is 2.04. The third-order valence-corrected chi connectivity index (χ3v) is 2.90. The lowest BCUT2D eigenvalue weighted by molar-refractivity contribution is 0.0947. The van der Waals surface area contributed by atoms with E-state index in [-0.39, 0.29) is 12.5 Å². The molecule has 20 heavy (non-hydrogen) atoms. The number of rotatable bonds is 5.